The highest BCUT2D eigenvalue weighted by molar-refractivity contribution is 7.98. The van der Waals surface area contributed by atoms with E-state index >= 15 is 0 Å². The molecule has 0 aliphatic heterocycles. The molecule has 196 valence electrons. The molecule has 2 rings (SSSR count). The van der Waals surface area contributed by atoms with Crippen LogP contribution < -0.4 is 10.6 Å². The molecule has 0 saturated carbocycles. The zero-order chi connectivity index (χ0) is 26.9. The lowest BCUT2D eigenvalue weighted by Gasteiger charge is -2.34. The highest BCUT2D eigenvalue weighted by Gasteiger charge is 2.36. The Morgan fingerprint density at radius 3 is 2.17 bits per heavy atom. The first kappa shape index (κ1) is 29.2. The molecule has 0 saturated heterocycles. The van der Waals surface area contributed by atoms with Crippen LogP contribution in [0.2, 0.25) is 0 Å². The maximum atomic E-state index is 13.9. The number of aryl methyl sites for hydroxylation is 2. The van der Waals surface area contributed by atoms with Crippen molar-refractivity contribution in [2.24, 2.45) is 0 Å². The number of ether oxygens (including phenoxy) is 1. The van der Waals surface area contributed by atoms with Crippen LogP contribution in [0, 0.1) is 13.8 Å². The van der Waals surface area contributed by atoms with Crippen molar-refractivity contribution in [1.82, 2.24) is 10.2 Å². The van der Waals surface area contributed by atoms with E-state index in [2.05, 4.69) is 10.6 Å². The molecule has 2 unspecified atom stereocenters. The highest BCUT2D eigenvalue weighted by Crippen LogP contribution is 2.28. The van der Waals surface area contributed by atoms with Gasteiger partial charge in [0, 0.05) is 12.2 Å². The lowest BCUT2D eigenvalue weighted by molar-refractivity contribution is -0.140. The molecule has 8 heteroatoms. The number of alkyl carbamates (subject to hydrolysis) is 1. The number of nitrogens with zero attached hydrogens (tertiary/aromatic N) is 1. The van der Waals surface area contributed by atoms with Crippen LogP contribution in [0.3, 0.4) is 0 Å². The van der Waals surface area contributed by atoms with E-state index in [-0.39, 0.29) is 18.4 Å². The van der Waals surface area contributed by atoms with Crippen LogP contribution in [0.5, 0.6) is 0 Å². The molecule has 2 N–H and O–H groups in total. The van der Waals surface area contributed by atoms with Gasteiger partial charge in [-0.25, -0.2) is 4.79 Å². The maximum absolute atomic E-state index is 13.9. The third-order valence-corrected chi connectivity index (χ3v) is 6.31. The van der Waals surface area contributed by atoms with Crippen LogP contribution in [-0.4, -0.2) is 53.0 Å². The van der Waals surface area contributed by atoms with Crippen LogP contribution in [0.25, 0.3) is 0 Å². The lowest BCUT2D eigenvalue weighted by atomic mass is 9.97. The third-order valence-electron chi connectivity index (χ3n) is 5.67. The van der Waals surface area contributed by atoms with Gasteiger partial charge < -0.3 is 20.3 Å². The SMILES string of the molecule is CCN(C(=O)C(CCSC)NC(=O)OC(C)(C)C)C(C(=O)Nc1ccccc1C)c1ccccc1C. The molecule has 0 bridgehead atoms. The normalized spacial score (nSPS) is 12.9. The smallest absolute Gasteiger partial charge is 0.408 e. The fourth-order valence-electron chi connectivity index (χ4n) is 3.87. The zero-order valence-corrected chi connectivity index (χ0v) is 23.2. The summed E-state index contributed by atoms with van der Waals surface area (Å²) in [5.74, 6) is 0.0223. The van der Waals surface area contributed by atoms with Crippen molar-refractivity contribution in [2.45, 2.75) is 65.6 Å². The molecular weight excluding hydrogens is 474 g/mol. The molecule has 36 heavy (non-hydrogen) atoms. The number of carbonyl (C=O) groups is 3. The highest BCUT2D eigenvalue weighted by atomic mass is 32.2. The van der Waals surface area contributed by atoms with Crippen molar-refractivity contribution in [3.63, 3.8) is 0 Å². The number of hydrogen-bond acceptors (Lipinski definition) is 5. The summed E-state index contributed by atoms with van der Waals surface area (Å²) in [5.41, 5.74) is 2.55. The standard InChI is InChI=1S/C28H39N3O4S/c1-8-31(26(33)23(17-18-36-7)30-27(34)35-28(4,5)6)24(21-15-11-9-13-19(21)2)25(32)29-22-16-12-10-14-20(22)3/h9-16,23-24H,8,17-18H2,1-7H3,(H,29,32)(H,30,34). The van der Waals surface area contributed by atoms with E-state index in [0.717, 1.165) is 16.7 Å². The van der Waals surface area contributed by atoms with Gasteiger partial charge in [0.2, 0.25) is 5.91 Å². The summed E-state index contributed by atoms with van der Waals surface area (Å²) in [5, 5.41) is 5.75. The molecule has 0 aromatic heterocycles. The van der Waals surface area contributed by atoms with Gasteiger partial charge in [0.1, 0.15) is 17.7 Å². The van der Waals surface area contributed by atoms with E-state index < -0.39 is 23.8 Å². The minimum atomic E-state index is -0.875. The number of benzene rings is 2. The van der Waals surface area contributed by atoms with Crippen molar-refractivity contribution < 1.29 is 19.1 Å². The largest absolute Gasteiger partial charge is 0.444 e. The number of amides is 3. The molecule has 0 aliphatic rings. The number of thioether (sulfide) groups is 1. The van der Waals surface area contributed by atoms with E-state index in [4.69, 9.17) is 4.74 Å². The Morgan fingerprint density at radius 1 is 1.00 bits per heavy atom. The minimum absolute atomic E-state index is 0.283. The van der Waals surface area contributed by atoms with E-state index in [1.54, 1.807) is 32.5 Å². The fourth-order valence-corrected chi connectivity index (χ4v) is 4.34. The lowest BCUT2D eigenvalue weighted by Crippen LogP contribution is -2.52. The Balaban J connectivity index is 2.45. The quantitative estimate of drug-likeness (QED) is 0.439. The summed E-state index contributed by atoms with van der Waals surface area (Å²) in [7, 11) is 0. The first-order valence-corrected chi connectivity index (χ1v) is 13.6. The molecule has 0 aliphatic carbocycles. The van der Waals surface area contributed by atoms with Gasteiger partial charge in [0.25, 0.3) is 5.91 Å². The second-order valence-electron chi connectivity index (χ2n) is 9.67. The summed E-state index contributed by atoms with van der Waals surface area (Å²) in [4.78, 5) is 41.7. The number of para-hydroxylation sites is 1. The number of nitrogens with one attached hydrogen (secondary N) is 2. The van der Waals surface area contributed by atoms with Gasteiger partial charge in [0.05, 0.1) is 0 Å². The molecule has 0 fully saturated rings. The minimum Gasteiger partial charge on any atom is -0.444 e. The maximum Gasteiger partial charge on any atom is 0.408 e. The van der Waals surface area contributed by atoms with Gasteiger partial charge >= 0.3 is 6.09 Å². The summed E-state index contributed by atoms with van der Waals surface area (Å²) in [6, 6.07) is 13.4. The molecule has 0 radical (unpaired) electrons. The number of carbonyl (C=O) groups excluding carboxylic acids is 3. The second-order valence-corrected chi connectivity index (χ2v) is 10.7. The molecule has 2 atom stereocenters. The number of rotatable bonds is 10. The molecule has 3 amide bonds. The summed E-state index contributed by atoms with van der Waals surface area (Å²) >= 11 is 1.58. The van der Waals surface area contributed by atoms with E-state index in [0.29, 0.717) is 17.9 Å². The van der Waals surface area contributed by atoms with Crippen LogP contribution in [0.4, 0.5) is 10.5 Å². The van der Waals surface area contributed by atoms with Gasteiger partial charge in [-0.15, -0.1) is 0 Å². The molecule has 0 heterocycles. The summed E-state index contributed by atoms with van der Waals surface area (Å²) < 4.78 is 5.41. The third kappa shape index (κ3) is 8.29. The first-order valence-electron chi connectivity index (χ1n) is 12.2. The van der Waals surface area contributed by atoms with Gasteiger partial charge in [0.15, 0.2) is 0 Å². The Hall–Kier alpha value is -3.00. The van der Waals surface area contributed by atoms with Crippen molar-refractivity contribution in [3.8, 4) is 0 Å². The topological polar surface area (TPSA) is 87.7 Å². The average Bonchev–Trinajstić information content (AvgIpc) is 2.80. The zero-order valence-electron chi connectivity index (χ0n) is 22.4. The predicted octanol–water partition coefficient (Wildman–Crippen LogP) is 5.48. The van der Waals surface area contributed by atoms with Crippen molar-refractivity contribution in [3.05, 3.63) is 65.2 Å². The van der Waals surface area contributed by atoms with Crippen LogP contribution in [0.15, 0.2) is 48.5 Å². The molecule has 2 aromatic rings. The summed E-state index contributed by atoms with van der Waals surface area (Å²) in [6.07, 6.45) is 1.70. The van der Waals surface area contributed by atoms with Crippen LogP contribution in [-0.2, 0) is 14.3 Å². The monoisotopic (exact) mass is 513 g/mol. The van der Waals surface area contributed by atoms with E-state index in [1.807, 2.05) is 75.6 Å². The number of likely N-dealkylation sites (N-methyl/N-ethyl adjacent to an activating group) is 1. The number of hydrogen-bond donors (Lipinski definition) is 2. The van der Waals surface area contributed by atoms with E-state index in [1.165, 1.54) is 4.90 Å². The van der Waals surface area contributed by atoms with Crippen LogP contribution in [0.1, 0.15) is 56.8 Å². The Labute approximate surface area is 219 Å². The van der Waals surface area contributed by atoms with E-state index in [9.17, 15) is 14.4 Å². The van der Waals surface area contributed by atoms with Crippen molar-refractivity contribution in [2.75, 3.05) is 23.9 Å². The first-order chi connectivity index (χ1) is 17.0. The second kappa shape index (κ2) is 13.3. The average molecular weight is 514 g/mol. The Kier molecular flexibility index (Phi) is 10.8. The Morgan fingerprint density at radius 2 is 1.61 bits per heavy atom. The summed E-state index contributed by atoms with van der Waals surface area (Å²) in [6.45, 7) is 11.3. The fraction of sp³-hybridized carbons (Fsp3) is 0.464. The molecule has 0 spiro atoms. The Bertz CT molecular complexity index is 1050. The van der Waals surface area contributed by atoms with Crippen LogP contribution >= 0.6 is 11.8 Å². The number of anilines is 1. The van der Waals surface area contributed by atoms with Crippen molar-refractivity contribution >= 4 is 35.4 Å². The van der Waals surface area contributed by atoms with Gasteiger partial charge in [-0.05, 0) is 82.7 Å². The van der Waals surface area contributed by atoms with Gasteiger partial charge in [-0.2, -0.15) is 11.8 Å². The molecular formula is C28H39N3O4S. The van der Waals surface area contributed by atoms with Crippen molar-refractivity contribution in [1.29, 1.82) is 0 Å². The van der Waals surface area contributed by atoms with Gasteiger partial charge in [-0.1, -0.05) is 42.5 Å². The molecule has 7 nitrogen and oxygen atoms in total. The molecule has 2 aromatic carbocycles. The van der Waals surface area contributed by atoms with Gasteiger partial charge in [-0.3, -0.25) is 9.59 Å². The predicted molar refractivity (Wildman–Crippen MR) is 147 cm³/mol.